The molecule has 20 heavy (non-hydrogen) atoms. The van der Waals surface area contributed by atoms with E-state index in [1.165, 1.54) is 0 Å². The van der Waals surface area contributed by atoms with E-state index in [1.807, 2.05) is 72.1 Å². The molecular weight excluding hydrogens is 382 g/mol. The number of rotatable bonds is 4. The molecule has 0 radical (unpaired) electrons. The van der Waals surface area contributed by atoms with E-state index in [1.54, 1.807) is 0 Å². The van der Waals surface area contributed by atoms with Crippen molar-refractivity contribution in [3.8, 4) is 11.5 Å². The van der Waals surface area contributed by atoms with Crippen LogP contribution in [0.2, 0.25) is 0 Å². The average Bonchev–Trinajstić information content (AvgIpc) is 2.41. The van der Waals surface area contributed by atoms with Crippen molar-refractivity contribution in [1.82, 2.24) is 0 Å². The molecule has 2 aromatic carbocycles. The molecule has 0 aliphatic rings. The molecule has 0 bridgehead atoms. The molecule has 0 fully saturated rings. The number of anilines is 1. The van der Waals surface area contributed by atoms with E-state index >= 15 is 0 Å². The summed E-state index contributed by atoms with van der Waals surface area (Å²) < 4.78 is 7.79. The third kappa shape index (κ3) is 4.31. The van der Waals surface area contributed by atoms with Crippen LogP contribution in [0.5, 0.6) is 11.5 Å². The standard InChI is InChI=1S/C15H15NO.2ClH.Ru/c1-12-6-4-5-7-15(12)17-14-10-8-13(9-11-14)16(2)3;;;/h1,4-11H,2-3H3;2*1H;/q;;;+2/p-2. The third-order valence-electron chi connectivity index (χ3n) is 2.69. The summed E-state index contributed by atoms with van der Waals surface area (Å²) in [6.45, 7) is 0. The fourth-order valence-corrected chi connectivity index (χ4v) is 3.49. The number of para-hydroxylation sites is 1. The minimum atomic E-state index is -1.86. The first kappa shape index (κ1) is 15.5. The van der Waals surface area contributed by atoms with Crippen LogP contribution in [0.4, 0.5) is 5.69 Å². The van der Waals surface area contributed by atoms with Crippen molar-refractivity contribution in [3.63, 3.8) is 0 Å². The van der Waals surface area contributed by atoms with Gasteiger partial charge in [-0.1, -0.05) is 0 Å². The molecule has 2 nitrogen and oxygen atoms in total. The molecule has 108 valence electrons. The van der Waals surface area contributed by atoms with E-state index < -0.39 is 13.5 Å². The van der Waals surface area contributed by atoms with Gasteiger partial charge in [0.15, 0.2) is 0 Å². The Bertz CT molecular complexity index is 608. The second-order valence-electron chi connectivity index (χ2n) is 4.34. The van der Waals surface area contributed by atoms with Crippen LogP contribution in [0.25, 0.3) is 0 Å². The Hall–Kier alpha value is -0.887. The van der Waals surface area contributed by atoms with Gasteiger partial charge >= 0.3 is 133 Å². The van der Waals surface area contributed by atoms with Gasteiger partial charge in [-0.25, -0.2) is 0 Å². The monoisotopic (exact) mass is 397 g/mol. The van der Waals surface area contributed by atoms with Crippen LogP contribution in [-0.2, 0) is 13.5 Å². The number of ether oxygens (including phenoxy) is 1. The first-order valence-corrected chi connectivity index (χ1v) is 11.4. The molecule has 0 spiro atoms. The SMILES string of the molecule is CN(C)c1ccc(Oc2ccccc2[CH]=[Ru]([Cl])[Cl])cc1. The molecule has 0 atom stereocenters. The van der Waals surface area contributed by atoms with Gasteiger partial charge in [-0.05, 0) is 0 Å². The number of nitrogens with zero attached hydrogens (tertiary/aromatic N) is 1. The van der Waals surface area contributed by atoms with Crippen molar-refractivity contribution in [3.05, 3.63) is 54.1 Å². The first-order chi connectivity index (χ1) is 9.56. The van der Waals surface area contributed by atoms with E-state index in [9.17, 15) is 0 Å². The first-order valence-electron chi connectivity index (χ1n) is 5.94. The zero-order valence-corrected chi connectivity index (χ0v) is 14.4. The second kappa shape index (κ2) is 7.22. The van der Waals surface area contributed by atoms with E-state index in [2.05, 4.69) is 0 Å². The van der Waals surface area contributed by atoms with Crippen LogP contribution in [-0.4, -0.2) is 18.7 Å². The molecule has 5 heteroatoms. The summed E-state index contributed by atoms with van der Waals surface area (Å²) in [5.41, 5.74) is 2.07. The molecular formula is C15H15Cl2NORu. The zero-order chi connectivity index (χ0) is 14.5. The molecule has 0 saturated heterocycles. The van der Waals surface area contributed by atoms with Gasteiger partial charge in [0.1, 0.15) is 0 Å². The van der Waals surface area contributed by atoms with Crippen molar-refractivity contribution in [1.29, 1.82) is 0 Å². The van der Waals surface area contributed by atoms with Gasteiger partial charge in [-0.3, -0.25) is 0 Å². The average molecular weight is 397 g/mol. The molecule has 2 aromatic rings. The van der Waals surface area contributed by atoms with E-state index in [0.29, 0.717) is 0 Å². The molecule has 0 aliphatic heterocycles. The van der Waals surface area contributed by atoms with Gasteiger partial charge < -0.3 is 0 Å². The Labute approximate surface area is 132 Å². The second-order valence-corrected chi connectivity index (χ2v) is 10.1. The molecule has 0 N–H and O–H groups in total. The molecule has 0 amide bonds. The summed E-state index contributed by atoms with van der Waals surface area (Å²) in [5, 5.41) is 0. The van der Waals surface area contributed by atoms with Crippen molar-refractivity contribution < 1.29 is 18.3 Å². The van der Waals surface area contributed by atoms with Crippen LogP contribution in [0.1, 0.15) is 5.56 Å². The van der Waals surface area contributed by atoms with Crippen molar-refractivity contribution in [2.24, 2.45) is 0 Å². The van der Waals surface area contributed by atoms with Crippen molar-refractivity contribution >= 4 is 29.7 Å². The summed E-state index contributed by atoms with van der Waals surface area (Å²) in [7, 11) is 15.9. The van der Waals surface area contributed by atoms with Crippen LogP contribution >= 0.6 is 19.4 Å². The minimum absolute atomic E-state index is 0.769. The van der Waals surface area contributed by atoms with Gasteiger partial charge in [-0.15, -0.1) is 0 Å². The Morgan fingerprint density at radius 3 is 2.25 bits per heavy atom. The predicted molar refractivity (Wildman–Crippen MR) is 84.2 cm³/mol. The molecule has 0 aliphatic carbocycles. The summed E-state index contributed by atoms with van der Waals surface area (Å²) in [6.07, 6.45) is 0. The Balaban J connectivity index is 2.24. The van der Waals surface area contributed by atoms with Gasteiger partial charge in [-0.2, -0.15) is 0 Å². The van der Waals surface area contributed by atoms with Gasteiger partial charge in [0.05, 0.1) is 0 Å². The summed E-state index contributed by atoms with van der Waals surface area (Å²) >= 11 is -1.86. The zero-order valence-electron chi connectivity index (χ0n) is 11.2. The Kier molecular flexibility index (Phi) is 5.59. The van der Waals surface area contributed by atoms with E-state index in [4.69, 9.17) is 24.1 Å². The summed E-state index contributed by atoms with van der Waals surface area (Å²) in [4.78, 5) is 2.04. The Morgan fingerprint density at radius 2 is 1.65 bits per heavy atom. The maximum absolute atomic E-state index is 5.93. The van der Waals surface area contributed by atoms with E-state index in [-0.39, 0.29) is 0 Å². The normalized spacial score (nSPS) is 10.9. The number of benzene rings is 2. The van der Waals surface area contributed by atoms with Crippen LogP contribution < -0.4 is 9.64 Å². The molecule has 0 aromatic heterocycles. The Morgan fingerprint density at radius 1 is 1.00 bits per heavy atom. The van der Waals surface area contributed by atoms with Gasteiger partial charge in [0, 0.05) is 0 Å². The molecule has 2 rings (SSSR count). The predicted octanol–water partition coefficient (Wildman–Crippen LogP) is 4.62. The number of hydrogen-bond acceptors (Lipinski definition) is 2. The summed E-state index contributed by atoms with van der Waals surface area (Å²) in [6, 6.07) is 15.7. The molecule has 0 unspecified atom stereocenters. The fourth-order valence-electron chi connectivity index (χ4n) is 1.68. The van der Waals surface area contributed by atoms with Crippen molar-refractivity contribution in [2.75, 3.05) is 19.0 Å². The third-order valence-corrected chi connectivity index (χ3v) is 4.52. The number of hydrogen-bond donors (Lipinski definition) is 0. The van der Waals surface area contributed by atoms with Gasteiger partial charge in [0.2, 0.25) is 0 Å². The van der Waals surface area contributed by atoms with E-state index in [0.717, 1.165) is 22.7 Å². The molecule has 0 saturated carbocycles. The number of halogens is 2. The summed E-state index contributed by atoms with van der Waals surface area (Å²) in [5.74, 6) is 1.56. The van der Waals surface area contributed by atoms with Crippen LogP contribution in [0, 0.1) is 0 Å². The van der Waals surface area contributed by atoms with Gasteiger partial charge in [0.25, 0.3) is 0 Å². The van der Waals surface area contributed by atoms with Crippen LogP contribution in [0.3, 0.4) is 0 Å². The fraction of sp³-hybridized carbons (Fsp3) is 0.133. The maximum atomic E-state index is 5.93. The quantitative estimate of drug-likeness (QED) is 0.699. The van der Waals surface area contributed by atoms with Crippen LogP contribution in [0.15, 0.2) is 48.5 Å². The van der Waals surface area contributed by atoms with Crippen molar-refractivity contribution in [2.45, 2.75) is 0 Å². The molecule has 0 heterocycles. The topological polar surface area (TPSA) is 12.5 Å².